The number of fused-ring (bicyclic) bond motifs is 5. The Kier molecular flexibility index (Phi) is 9.16. The van der Waals surface area contributed by atoms with Gasteiger partial charge in [-0.15, -0.1) is 0 Å². The van der Waals surface area contributed by atoms with Crippen molar-refractivity contribution in [2.75, 3.05) is 6.54 Å². The minimum Gasteiger partial charge on any atom is -0.483 e. The molecule has 1 aromatic heterocycles. The standard InChI is InChI=1S/C36H40F2N4O6/c1-21(2)47-34(46)40-27-14-8-6-4-5-7-11-23-15-18-36(23,22(3)43)41-32(44)28-19-35(20-42(28)33(27)45)17-16-25-24-12-9-10-13-26(24)39-29(31(37)38)30(25)48-35/h7,9-13,21,23,27-28,31H,4-6,8,14,16-17,19-20H2,1-3H3,(H,40,46)(H,41,44)/b11-7-/t23-,27+,28+,35-,36+/m1/s1. The first kappa shape index (κ1) is 33.4. The maximum atomic E-state index is 14.4. The lowest BCUT2D eigenvalue weighted by atomic mass is 9.74. The number of hydrogen-bond donors (Lipinski definition) is 2. The molecule has 1 saturated heterocycles. The number of alkyl halides is 2. The number of rotatable bonds is 4. The first-order valence-corrected chi connectivity index (χ1v) is 16.6. The topological polar surface area (TPSA) is 127 Å². The summed E-state index contributed by atoms with van der Waals surface area (Å²) in [6, 6.07) is 4.87. The van der Waals surface area contributed by atoms with Crippen molar-refractivity contribution in [3.63, 3.8) is 0 Å². The van der Waals surface area contributed by atoms with E-state index in [-0.39, 0.29) is 24.5 Å². The highest BCUT2D eigenvalue weighted by Gasteiger charge is 2.56. The molecule has 3 aliphatic heterocycles. The Morgan fingerprint density at radius 1 is 1.19 bits per heavy atom. The molecule has 4 aliphatic rings. The van der Waals surface area contributed by atoms with E-state index >= 15 is 0 Å². The molecule has 1 aliphatic carbocycles. The zero-order chi connectivity index (χ0) is 34.2. The number of amides is 3. The summed E-state index contributed by atoms with van der Waals surface area (Å²) in [5.74, 6) is 3.81. The number of benzene rings is 1. The average Bonchev–Trinajstić information content (AvgIpc) is 3.40. The number of aromatic nitrogens is 1. The molecular formula is C36H40F2N4O6. The molecule has 254 valence electrons. The van der Waals surface area contributed by atoms with Gasteiger partial charge in [-0.05, 0) is 58.9 Å². The van der Waals surface area contributed by atoms with Crippen LogP contribution in [0.2, 0.25) is 0 Å². The third kappa shape index (κ3) is 6.22. The molecule has 1 fully saturated rings. The number of ether oxygens (including phenoxy) is 2. The quantitative estimate of drug-likeness (QED) is 0.351. The molecule has 0 unspecified atom stereocenters. The van der Waals surface area contributed by atoms with Crippen LogP contribution in [0, 0.1) is 17.8 Å². The zero-order valence-corrected chi connectivity index (χ0v) is 27.3. The van der Waals surface area contributed by atoms with Gasteiger partial charge in [-0.3, -0.25) is 14.4 Å². The fourth-order valence-electron chi connectivity index (χ4n) is 7.22. The minimum absolute atomic E-state index is 0.0232. The number of halogens is 2. The van der Waals surface area contributed by atoms with E-state index in [1.54, 1.807) is 32.0 Å². The Labute approximate surface area is 278 Å². The lowest BCUT2D eigenvalue weighted by molar-refractivity contribution is -0.141. The Morgan fingerprint density at radius 3 is 2.69 bits per heavy atom. The van der Waals surface area contributed by atoms with E-state index in [2.05, 4.69) is 27.5 Å². The fraction of sp³-hybridized carbons (Fsp3) is 0.528. The van der Waals surface area contributed by atoms with E-state index in [0.29, 0.717) is 42.1 Å². The maximum absolute atomic E-state index is 14.4. The number of aryl methyl sites for hydroxylation is 1. The molecule has 2 N–H and O–H groups in total. The van der Waals surface area contributed by atoms with Crippen LogP contribution in [0.15, 0.2) is 36.4 Å². The summed E-state index contributed by atoms with van der Waals surface area (Å²) in [5, 5.41) is 6.26. The lowest BCUT2D eigenvalue weighted by Gasteiger charge is -2.38. The van der Waals surface area contributed by atoms with Gasteiger partial charge in [-0.2, -0.15) is 0 Å². The van der Waals surface area contributed by atoms with E-state index in [1.807, 2.05) is 18.2 Å². The summed E-state index contributed by atoms with van der Waals surface area (Å²) >= 11 is 0. The molecule has 12 heteroatoms. The Hall–Kier alpha value is -4.53. The molecule has 0 bridgehead atoms. The van der Waals surface area contributed by atoms with Gasteiger partial charge >= 0.3 is 6.09 Å². The fourth-order valence-corrected chi connectivity index (χ4v) is 7.22. The zero-order valence-electron chi connectivity index (χ0n) is 27.3. The van der Waals surface area contributed by atoms with Crippen LogP contribution in [0.5, 0.6) is 5.75 Å². The highest BCUT2D eigenvalue weighted by Crippen LogP contribution is 2.46. The van der Waals surface area contributed by atoms with Crippen LogP contribution in [-0.4, -0.2) is 69.4 Å². The van der Waals surface area contributed by atoms with Crippen LogP contribution in [0.25, 0.3) is 10.9 Å². The molecule has 10 nitrogen and oxygen atoms in total. The number of Topliss-reactive ketones (excluding diaryl/α,β-unsaturated/α-hetero) is 1. The number of carbonyl (C=O) groups is 4. The smallest absolute Gasteiger partial charge is 0.408 e. The molecule has 2 aromatic rings. The largest absolute Gasteiger partial charge is 0.483 e. The minimum atomic E-state index is -2.92. The number of alkyl carbamates (subject to hydrolysis) is 1. The summed E-state index contributed by atoms with van der Waals surface area (Å²) in [5.41, 5.74) is -2.12. The number of para-hydroxylation sites is 1. The van der Waals surface area contributed by atoms with Gasteiger partial charge in [0.05, 0.1) is 24.1 Å². The van der Waals surface area contributed by atoms with E-state index in [0.717, 1.165) is 19.3 Å². The monoisotopic (exact) mass is 662 g/mol. The van der Waals surface area contributed by atoms with Gasteiger partial charge in [0, 0.05) is 17.4 Å². The highest BCUT2D eigenvalue weighted by atomic mass is 19.3. The predicted octanol–water partition coefficient (Wildman–Crippen LogP) is 4.94. The second-order valence-corrected chi connectivity index (χ2v) is 13.4. The molecule has 0 radical (unpaired) electrons. The number of hydrogen-bond acceptors (Lipinski definition) is 7. The van der Waals surface area contributed by atoms with Crippen molar-refractivity contribution < 1.29 is 37.4 Å². The number of nitrogens with zero attached hydrogens (tertiary/aromatic N) is 2. The van der Waals surface area contributed by atoms with Crippen LogP contribution >= 0.6 is 0 Å². The molecule has 1 aromatic carbocycles. The van der Waals surface area contributed by atoms with Crippen molar-refractivity contribution in [1.82, 2.24) is 20.5 Å². The van der Waals surface area contributed by atoms with Gasteiger partial charge in [0.25, 0.3) is 6.43 Å². The summed E-state index contributed by atoms with van der Waals surface area (Å²) in [4.78, 5) is 60.0. The van der Waals surface area contributed by atoms with E-state index in [1.165, 1.54) is 11.8 Å². The van der Waals surface area contributed by atoms with Crippen molar-refractivity contribution in [3.05, 3.63) is 47.7 Å². The number of ketones is 1. The SMILES string of the molecule is CC(=O)[C@@]12C#C[C@H]1/C=C\CCCCC[C@H](NC(=O)OC(C)C)C(=O)N1C[C@@]3(CCc4c(c(C(F)F)nc5ccccc45)O3)C[C@H]1C(=O)N2. The maximum Gasteiger partial charge on any atom is 0.408 e. The summed E-state index contributed by atoms with van der Waals surface area (Å²) in [6.45, 7) is 4.66. The van der Waals surface area contributed by atoms with Crippen molar-refractivity contribution in [1.29, 1.82) is 0 Å². The number of pyridine rings is 1. The average molecular weight is 663 g/mol. The van der Waals surface area contributed by atoms with Crippen LogP contribution in [0.4, 0.5) is 13.6 Å². The van der Waals surface area contributed by atoms with Gasteiger partial charge in [-0.1, -0.05) is 55.0 Å². The third-order valence-corrected chi connectivity index (χ3v) is 9.71. The Morgan fingerprint density at radius 2 is 1.98 bits per heavy atom. The summed E-state index contributed by atoms with van der Waals surface area (Å²) in [6.07, 6.45) is 3.56. The molecule has 4 heterocycles. The van der Waals surface area contributed by atoms with Gasteiger partial charge in [-0.25, -0.2) is 18.6 Å². The first-order chi connectivity index (χ1) is 22.9. The van der Waals surface area contributed by atoms with Gasteiger partial charge in [0.2, 0.25) is 11.8 Å². The molecular weight excluding hydrogens is 622 g/mol. The second kappa shape index (κ2) is 13.2. The predicted molar refractivity (Wildman–Crippen MR) is 172 cm³/mol. The first-order valence-electron chi connectivity index (χ1n) is 16.6. The van der Waals surface area contributed by atoms with E-state index in [9.17, 15) is 28.0 Å². The second-order valence-electron chi connectivity index (χ2n) is 13.4. The lowest BCUT2D eigenvalue weighted by Crippen LogP contribution is -2.64. The molecule has 1 spiro atoms. The summed E-state index contributed by atoms with van der Waals surface area (Å²) in [7, 11) is 0. The van der Waals surface area contributed by atoms with Crippen molar-refractivity contribution >= 4 is 34.6 Å². The number of nitrogens with one attached hydrogen (secondary N) is 2. The molecule has 48 heavy (non-hydrogen) atoms. The molecule has 5 atom stereocenters. The summed E-state index contributed by atoms with van der Waals surface area (Å²) < 4.78 is 40.7. The normalized spacial score (nSPS) is 29.2. The Bertz CT molecular complexity index is 1730. The van der Waals surface area contributed by atoms with Gasteiger partial charge < -0.3 is 25.0 Å². The molecule has 3 amide bonds. The third-order valence-electron chi connectivity index (χ3n) is 9.71. The molecule has 0 saturated carbocycles. The molecule has 6 rings (SSSR count). The van der Waals surface area contributed by atoms with Crippen molar-refractivity contribution in [2.24, 2.45) is 5.92 Å². The van der Waals surface area contributed by atoms with Crippen molar-refractivity contribution in [3.8, 4) is 17.6 Å². The van der Waals surface area contributed by atoms with Gasteiger partial charge in [0.15, 0.2) is 17.1 Å². The van der Waals surface area contributed by atoms with E-state index in [4.69, 9.17) is 9.47 Å². The van der Waals surface area contributed by atoms with Crippen LogP contribution in [0.3, 0.4) is 0 Å². The number of carbonyl (C=O) groups excluding carboxylic acids is 4. The number of allylic oxidation sites excluding steroid dienone is 1. The van der Waals surface area contributed by atoms with Crippen LogP contribution in [-0.2, 0) is 25.5 Å². The van der Waals surface area contributed by atoms with Crippen LogP contribution in [0.1, 0.15) is 83.4 Å². The van der Waals surface area contributed by atoms with Crippen LogP contribution < -0.4 is 15.4 Å². The van der Waals surface area contributed by atoms with Gasteiger partial charge in [0.1, 0.15) is 23.4 Å². The highest BCUT2D eigenvalue weighted by molar-refractivity contribution is 6.00. The Balaban J connectivity index is 1.39. The van der Waals surface area contributed by atoms with Crippen molar-refractivity contribution in [2.45, 2.75) is 108 Å². The van der Waals surface area contributed by atoms with E-state index < -0.39 is 65.3 Å².